The summed E-state index contributed by atoms with van der Waals surface area (Å²) in [6, 6.07) is 0. The van der Waals surface area contributed by atoms with Gasteiger partial charge < -0.3 is 33.3 Å². The van der Waals surface area contributed by atoms with E-state index in [0.717, 1.165) is 27.7 Å². The minimum Gasteiger partial charge on any atom is -1.00 e. The zero-order chi connectivity index (χ0) is 17.7. The van der Waals surface area contributed by atoms with Crippen LogP contribution in [0.3, 0.4) is 0 Å². The van der Waals surface area contributed by atoms with Crippen LogP contribution in [-0.2, 0) is 36.2 Å². The molecule has 0 rings (SSSR count). The molecule has 0 aromatic carbocycles. The average Bonchev–Trinajstić information content (AvgIpc) is 2.13. The van der Waals surface area contributed by atoms with Crippen molar-refractivity contribution in [3.05, 3.63) is 0 Å². The van der Waals surface area contributed by atoms with Crippen molar-refractivity contribution in [3.8, 4) is 0 Å². The van der Waals surface area contributed by atoms with Crippen LogP contribution in [0.1, 0.15) is 29.1 Å². The molecule has 0 bridgehead atoms. The number of aliphatic carboxylic acids is 4. The maximum absolute atomic E-state index is 9.00. The van der Waals surface area contributed by atoms with Gasteiger partial charge in [-0.3, -0.25) is 19.2 Å². The summed E-state index contributed by atoms with van der Waals surface area (Å²) >= 11 is 0. The van der Waals surface area contributed by atoms with Crippen molar-refractivity contribution < 1.29 is 87.7 Å². The van der Waals surface area contributed by atoms with Crippen LogP contribution >= 0.6 is 0 Å². The van der Waals surface area contributed by atoms with E-state index >= 15 is 0 Å². The molecule has 10 nitrogen and oxygen atoms in total. The van der Waals surface area contributed by atoms with Gasteiger partial charge in [0, 0.05) is 57.9 Å². The van der Waals surface area contributed by atoms with Gasteiger partial charge in [-0.05, 0) is 0 Å². The summed E-state index contributed by atoms with van der Waals surface area (Å²) in [6.45, 7) is 5.53. The molecule has 0 radical (unpaired) electrons. The molecule has 0 aromatic rings. The van der Waals surface area contributed by atoms with Crippen molar-refractivity contribution in [2.75, 3.05) is 13.1 Å². The van der Waals surface area contributed by atoms with E-state index in [2.05, 4.69) is 0 Å². The first-order valence-electron chi connectivity index (χ1n) is 5.03. The molecule has 0 aliphatic heterocycles. The first-order chi connectivity index (χ1) is 8.84. The van der Waals surface area contributed by atoms with Crippen LogP contribution < -0.4 is 41.0 Å². The van der Waals surface area contributed by atoms with Crippen LogP contribution in [0.4, 0.5) is 0 Å². The van der Waals surface area contributed by atoms with Gasteiger partial charge in [0.25, 0.3) is 23.9 Å². The average molecular weight is 380 g/mol. The molecule has 0 aliphatic rings. The van der Waals surface area contributed by atoms with Crippen molar-refractivity contribution >= 4 is 23.9 Å². The maximum atomic E-state index is 9.00. The standard InChI is InChI=1S/C2H8N2.4C2H4O2.Fe.Na.H/c3-1-2-4;4*1-2(3)4;;;/h1-4H2;4*1H3,(H,3,4);;;/q;;;;;;+1;-1. The largest absolute Gasteiger partial charge is 1.00 e. The second kappa shape index (κ2) is 42.7. The number of hydrogen-bond donors (Lipinski definition) is 6. The molecule has 0 saturated carbocycles. The summed E-state index contributed by atoms with van der Waals surface area (Å²) in [5, 5.41) is 29.7. The Morgan fingerprint density at radius 3 is 0.727 bits per heavy atom. The van der Waals surface area contributed by atoms with E-state index in [0.29, 0.717) is 13.1 Å². The maximum Gasteiger partial charge on any atom is 1.00 e. The molecule has 0 amide bonds. The van der Waals surface area contributed by atoms with E-state index in [4.69, 9.17) is 51.1 Å². The number of carboxylic acids is 4. The van der Waals surface area contributed by atoms with Crippen LogP contribution in [0.2, 0.25) is 0 Å². The summed E-state index contributed by atoms with van der Waals surface area (Å²) in [7, 11) is 0. The molecule has 0 aliphatic carbocycles. The molecular formula is C10H25FeN2NaO8. The summed E-state index contributed by atoms with van der Waals surface area (Å²) in [5.41, 5.74) is 9.81. The number of nitrogens with two attached hydrogens (primary N) is 2. The molecule has 0 atom stereocenters. The van der Waals surface area contributed by atoms with Crippen LogP contribution in [0.25, 0.3) is 0 Å². The summed E-state index contributed by atoms with van der Waals surface area (Å²) in [6.07, 6.45) is 0. The van der Waals surface area contributed by atoms with Crippen molar-refractivity contribution in [2.24, 2.45) is 11.5 Å². The smallest absolute Gasteiger partial charge is 1.00 e. The number of carbonyl (C=O) groups is 4. The summed E-state index contributed by atoms with van der Waals surface area (Å²) in [4.78, 5) is 36.0. The fourth-order valence-electron chi connectivity index (χ4n) is 0. The fourth-order valence-corrected chi connectivity index (χ4v) is 0. The third kappa shape index (κ3) is 63500. The minimum atomic E-state index is -0.833. The van der Waals surface area contributed by atoms with Gasteiger partial charge in [0.15, 0.2) is 0 Å². The zero-order valence-electron chi connectivity index (χ0n) is 14.3. The van der Waals surface area contributed by atoms with Crippen LogP contribution in [0, 0.1) is 0 Å². The van der Waals surface area contributed by atoms with E-state index < -0.39 is 23.9 Å². The third-order valence-corrected chi connectivity index (χ3v) is 0.167. The topological polar surface area (TPSA) is 201 Å². The van der Waals surface area contributed by atoms with Crippen LogP contribution in [0.5, 0.6) is 0 Å². The van der Waals surface area contributed by atoms with Gasteiger partial charge >= 0.3 is 29.6 Å². The monoisotopic (exact) mass is 380 g/mol. The normalized spacial score (nSPS) is 5.91. The molecule has 0 unspecified atom stereocenters. The molecule has 12 heteroatoms. The SMILES string of the molecule is CC(=O)O.CC(=O)O.CC(=O)O.CC(=O)O.NCCN.[Fe].[H-].[Na+]. The van der Waals surface area contributed by atoms with Gasteiger partial charge in [-0.1, -0.05) is 0 Å². The number of carboxylic acid groups (broad SMARTS) is 4. The van der Waals surface area contributed by atoms with Crippen molar-refractivity contribution in [3.63, 3.8) is 0 Å². The first-order valence-corrected chi connectivity index (χ1v) is 5.03. The van der Waals surface area contributed by atoms with Gasteiger partial charge in [-0.15, -0.1) is 0 Å². The fraction of sp³-hybridized carbons (Fsp3) is 0.600. The van der Waals surface area contributed by atoms with Crippen molar-refractivity contribution in [1.82, 2.24) is 0 Å². The van der Waals surface area contributed by atoms with Gasteiger partial charge in [0.05, 0.1) is 0 Å². The Labute approximate surface area is 163 Å². The minimum absolute atomic E-state index is 0. The van der Waals surface area contributed by atoms with Crippen LogP contribution in [0.15, 0.2) is 0 Å². The summed E-state index contributed by atoms with van der Waals surface area (Å²) in [5.74, 6) is -3.33. The van der Waals surface area contributed by atoms with Crippen molar-refractivity contribution in [1.29, 1.82) is 0 Å². The molecular weight excluding hydrogens is 355 g/mol. The van der Waals surface area contributed by atoms with E-state index in [1.165, 1.54) is 0 Å². The predicted octanol–water partition coefficient (Wildman–Crippen LogP) is -3.62. The second-order valence-corrected chi connectivity index (χ2v) is 2.65. The van der Waals surface area contributed by atoms with E-state index in [-0.39, 0.29) is 48.1 Å². The Bertz CT molecular complexity index is 207. The first kappa shape index (κ1) is 42.9. The van der Waals surface area contributed by atoms with Gasteiger partial charge in [0.2, 0.25) is 0 Å². The molecule has 8 N–H and O–H groups in total. The van der Waals surface area contributed by atoms with Gasteiger partial charge in [0.1, 0.15) is 0 Å². The molecule has 0 aromatic heterocycles. The quantitative estimate of drug-likeness (QED) is 0.247. The summed E-state index contributed by atoms with van der Waals surface area (Å²) < 4.78 is 0. The number of hydrogen-bond acceptors (Lipinski definition) is 6. The molecule has 0 spiro atoms. The molecule has 0 saturated heterocycles. The third-order valence-electron chi connectivity index (χ3n) is 0.167. The van der Waals surface area contributed by atoms with Crippen LogP contribution in [-0.4, -0.2) is 57.4 Å². The second-order valence-electron chi connectivity index (χ2n) is 2.65. The molecule has 0 heterocycles. The Hall–Kier alpha value is -0.681. The number of rotatable bonds is 1. The Morgan fingerprint density at radius 2 is 0.727 bits per heavy atom. The van der Waals surface area contributed by atoms with Crippen molar-refractivity contribution in [2.45, 2.75) is 27.7 Å². The molecule has 132 valence electrons. The van der Waals surface area contributed by atoms with E-state index in [9.17, 15) is 0 Å². The molecule has 0 fully saturated rings. The van der Waals surface area contributed by atoms with E-state index in [1.54, 1.807) is 0 Å². The van der Waals surface area contributed by atoms with Gasteiger partial charge in [-0.2, -0.15) is 0 Å². The Balaban J connectivity index is -0.0000000197. The van der Waals surface area contributed by atoms with E-state index in [1.807, 2.05) is 0 Å². The van der Waals surface area contributed by atoms with Gasteiger partial charge in [-0.25, -0.2) is 0 Å². The predicted molar refractivity (Wildman–Crippen MR) is 72.5 cm³/mol. The Morgan fingerprint density at radius 1 is 0.682 bits per heavy atom. The molecule has 22 heavy (non-hydrogen) atoms. The zero-order valence-corrected chi connectivity index (χ0v) is 16.4. The Kier molecular flexibility index (Phi) is 83.4.